The Kier molecular flexibility index (Phi) is 43.6. The fourth-order valence-electron chi connectivity index (χ4n) is 4.94. The van der Waals surface area contributed by atoms with Crippen molar-refractivity contribution in [2.75, 3.05) is 172 Å². The van der Waals surface area contributed by atoms with Crippen molar-refractivity contribution < 1.29 is 66.3 Å². The largest absolute Gasteiger partial charge is 0.379 e. The Morgan fingerprint density at radius 1 is 0.321 bits per heavy atom. The molecule has 14 heteroatoms. The van der Waals surface area contributed by atoms with Crippen LogP contribution in [0.3, 0.4) is 0 Å². The Balaban J connectivity index is 1.59. The molecule has 0 N–H and O–H groups in total. The molecule has 1 heterocycles. The molecule has 318 valence electrons. The van der Waals surface area contributed by atoms with Gasteiger partial charge in [0.1, 0.15) is 0 Å². The second-order valence-corrected chi connectivity index (χ2v) is 12.5. The van der Waals surface area contributed by atoms with E-state index in [0.29, 0.717) is 159 Å². The predicted octanol–water partition coefficient (Wildman–Crippen LogP) is 4.87. The van der Waals surface area contributed by atoms with Crippen molar-refractivity contribution in [2.45, 2.75) is 83.8 Å². The highest BCUT2D eigenvalue weighted by atomic mass is 16.7. The summed E-state index contributed by atoms with van der Waals surface area (Å²) in [7, 11) is 0. The zero-order chi connectivity index (χ0) is 37.6. The molecule has 0 aromatic rings. The van der Waals surface area contributed by atoms with E-state index < -0.39 is 0 Å². The minimum Gasteiger partial charge on any atom is -0.379 e. The van der Waals surface area contributed by atoms with Crippen molar-refractivity contribution in [3.05, 3.63) is 0 Å². The molecule has 0 amide bonds. The molecule has 0 saturated carbocycles. The maximum absolute atomic E-state index is 5.63. The zero-order valence-electron chi connectivity index (χ0n) is 33.5. The summed E-state index contributed by atoms with van der Waals surface area (Å²) in [5.41, 5.74) is 0. The van der Waals surface area contributed by atoms with Crippen molar-refractivity contribution in [1.29, 1.82) is 0 Å². The predicted molar refractivity (Wildman–Crippen MR) is 202 cm³/mol. The lowest BCUT2D eigenvalue weighted by atomic mass is 10.1. The molecule has 1 unspecified atom stereocenters. The first kappa shape index (κ1) is 50.5. The molecule has 0 bridgehead atoms. The standard InChI is InChI=1S/C39H78O14/c1-2-3-4-5-6-7-8-10-13-40-15-16-41-17-18-42-19-20-43-21-22-44-23-24-45-25-26-46-27-28-47-29-30-48-31-32-49-33-34-50-35-36-51-37-38-53-39-12-9-11-14-52-39/h39H,2-38H2,1H3. The summed E-state index contributed by atoms with van der Waals surface area (Å²) >= 11 is 0. The van der Waals surface area contributed by atoms with Gasteiger partial charge in [0.15, 0.2) is 6.29 Å². The molecular formula is C39H78O14. The molecule has 0 spiro atoms. The van der Waals surface area contributed by atoms with Gasteiger partial charge in [-0.05, 0) is 25.7 Å². The lowest BCUT2D eigenvalue weighted by Crippen LogP contribution is -2.24. The average Bonchev–Trinajstić information content (AvgIpc) is 3.18. The van der Waals surface area contributed by atoms with E-state index >= 15 is 0 Å². The van der Waals surface area contributed by atoms with Crippen LogP contribution in [0.2, 0.25) is 0 Å². The van der Waals surface area contributed by atoms with E-state index in [-0.39, 0.29) is 6.29 Å². The summed E-state index contributed by atoms with van der Waals surface area (Å²) in [4.78, 5) is 0. The first-order chi connectivity index (χ1) is 26.4. The smallest absolute Gasteiger partial charge is 0.157 e. The van der Waals surface area contributed by atoms with Crippen molar-refractivity contribution >= 4 is 0 Å². The molecule has 1 fully saturated rings. The Morgan fingerprint density at radius 3 is 0.906 bits per heavy atom. The van der Waals surface area contributed by atoms with E-state index in [1.165, 1.54) is 51.4 Å². The average molecular weight is 771 g/mol. The summed E-state index contributed by atoms with van der Waals surface area (Å²) in [6, 6.07) is 0. The Bertz CT molecular complexity index is 660. The molecule has 0 aromatic heterocycles. The summed E-state index contributed by atoms with van der Waals surface area (Å²) in [5, 5.41) is 0. The Hall–Kier alpha value is -0.560. The fourth-order valence-corrected chi connectivity index (χ4v) is 4.94. The SMILES string of the molecule is CCCCCCCCCCOCCOCCOCCOCCOCCOCCOCCOCCOCCOCCOCCOCCOC1CCCCO1. The summed E-state index contributed by atoms with van der Waals surface area (Å²) in [6.07, 6.45) is 13.7. The molecule has 0 aliphatic carbocycles. The summed E-state index contributed by atoms with van der Waals surface area (Å²) < 4.78 is 77.4. The van der Waals surface area contributed by atoms with Gasteiger partial charge in [0.25, 0.3) is 0 Å². The van der Waals surface area contributed by atoms with Crippen LogP contribution in [0.25, 0.3) is 0 Å². The van der Waals surface area contributed by atoms with Gasteiger partial charge in [-0.1, -0.05) is 51.9 Å². The monoisotopic (exact) mass is 771 g/mol. The molecule has 1 atom stereocenters. The lowest BCUT2D eigenvalue weighted by molar-refractivity contribution is -0.169. The maximum atomic E-state index is 5.63. The maximum Gasteiger partial charge on any atom is 0.157 e. The van der Waals surface area contributed by atoms with Gasteiger partial charge in [-0.3, -0.25) is 0 Å². The van der Waals surface area contributed by atoms with Crippen LogP contribution in [0.15, 0.2) is 0 Å². The van der Waals surface area contributed by atoms with Gasteiger partial charge in [0, 0.05) is 13.2 Å². The third-order valence-electron chi connectivity index (χ3n) is 7.90. The molecule has 0 radical (unpaired) electrons. The minimum absolute atomic E-state index is 0.0657. The molecule has 1 aliphatic heterocycles. The zero-order valence-corrected chi connectivity index (χ0v) is 33.5. The molecule has 14 nitrogen and oxygen atoms in total. The molecule has 0 aromatic carbocycles. The number of rotatable bonds is 46. The van der Waals surface area contributed by atoms with Gasteiger partial charge in [-0.25, -0.2) is 0 Å². The normalized spacial score (nSPS) is 14.8. The summed E-state index contributed by atoms with van der Waals surface area (Å²) in [5.74, 6) is 0. The van der Waals surface area contributed by atoms with Crippen LogP contribution < -0.4 is 0 Å². The number of unbranched alkanes of at least 4 members (excludes halogenated alkanes) is 7. The van der Waals surface area contributed by atoms with E-state index in [9.17, 15) is 0 Å². The second kappa shape index (κ2) is 45.8. The van der Waals surface area contributed by atoms with E-state index in [1.807, 2.05) is 0 Å². The topological polar surface area (TPSA) is 129 Å². The van der Waals surface area contributed by atoms with Gasteiger partial charge >= 0.3 is 0 Å². The van der Waals surface area contributed by atoms with Crippen molar-refractivity contribution in [3.63, 3.8) is 0 Å². The van der Waals surface area contributed by atoms with Crippen LogP contribution in [-0.2, 0) is 66.3 Å². The van der Waals surface area contributed by atoms with Crippen LogP contribution in [-0.4, -0.2) is 178 Å². The van der Waals surface area contributed by atoms with E-state index in [2.05, 4.69) is 6.92 Å². The van der Waals surface area contributed by atoms with Crippen molar-refractivity contribution in [2.24, 2.45) is 0 Å². The second-order valence-electron chi connectivity index (χ2n) is 12.5. The van der Waals surface area contributed by atoms with Crippen LogP contribution in [0.1, 0.15) is 77.6 Å². The highest BCUT2D eigenvalue weighted by molar-refractivity contribution is 4.54. The lowest BCUT2D eigenvalue weighted by Gasteiger charge is -2.22. The minimum atomic E-state index is -0.0657. The van der Waals surface area contributed by atoms with Crippen LogP contribution in [0, 0.1) is 0 Å². The van der Waals surface area contributed by atoms with Gasteiger partial charge in [0.2, 0.25) is 0 Å². The third-order valence-corrected chi connectivity index (χ3v) is 7.90. The summed E-state index contributed by atoms with van der Waals surface area (Å²) in [6.45, 7) is 16.8. The highest BCUT2D eigenvalue weighted by Crippen LogP contribution is 2.13. The highest BCUT2D eigenvalue weighted by Gasteiger charge is 2.13. The molecular weight excluding hydrogens is 692 g/mol. The van der Waals surface area contributed by atoms with Gasteiger partial charge in [-0.2, -0.15) is 0 Å². The van der Waals surface area contributed by atoms with Gasteiger partial charge < -0.3 is 66.3 Å². The third kappa shape index (κ3) is 42.4. The van der Waals surface area contributed by atoms with Crippen molar-refractivity contribution in [1.82, 2.24) is 0 Å². The quantitative estimate of drug-likeness (QED) is 0.0781. The van der Waals surface area contributed by atoms with Crippen LogP contribution in [0.4, 0.5) is 0 Å². The fraction of sp³-hybridized carbons (Fsp3) is 1.00. The first-order valence-corrected chi connectivity index (χ1v) is 20.6. The molecule has 1 saturated heterocycles. The van der Waals surface area contributed by atoms with E-state index in [1.54, 1.807) is 0 Å². The van der Waals surface area contributed by atoms with Crippen LogP contribution >= 0.6 is 0 Å². The van der Waals surface area contributed by atoms with E-state index in [4.69, 9.17) is 66.3 Å². The molecule has 1 aliphatic rings. The first-order valence-electron chi connectivity index (χ1n) is 20.6. The van der Waals surface area contributed by atoms with E-state index in [0.717, 1.165) is 32.5 Å². The molecule has 53 heavy (non-hydrogen) atoms. The van der Waals surface area contributed by atoms with Crippen molar-refractivity contribution in [3.8, 4) is 0 Å². The molecule has 1 rings (SSSR count). The van der Waals surface area contributed by atoms with Crippen LogP contribution in [0.5, 0.6) is 0 Å². The number of ether oxygens (including phenoxy) is 14. The number of hydrogen-bond donors (Lipinski definition) is 0. The number of hydrogen-bond acceptors (Lipinski definition) is 14. The van der Waals surface area contributed by atoms with Gasteiger partial charge in [0.05, 0.1) is 159 Å². The Labute approximate surface area is 321 Å². The Morgan fingerprint density at radius 2 is 0.604 bits per heavy atom. The van der Waals surface area contributed by atoms with Gasteiger partial charge in [-0.15, -0.1) is 0 Å².